The number of hydrogen-bond acceptors (Lipinski definition) is 2. The first-order valence-electron chi connectivity index (χ1n) is 5.08. The smallest absolute Gasteiger partial charge is 0.307 e. The van der Waals surface area contributed by atoms with E-state index in [1.807, 2.05) is 13.8 Å². The number of carbonyl (C=O) groups is 1. The number of rotatable bonds is 1. The molecule has 1 saturated carbocycles. The van der Waals surface area contributed by atoms with Gasteiger partial charge in [0.2, 0.25) is 0 Å². The second kappa shape index (κ2) is 2.32. The maximum Gasteiger partial charge on any atom is 0.307 e. The molecule has 1 aliphatic carbocycles. The molecule has 1 N–H and O–H groups in total. The maximum absolute atomic E-state index is 11.2. The highest BCUT2D eigenvalue weighted by molar-refractivity contribution is 5.77. The third kappa shape index (κ3) is 0.800. The first-order valence-corrected chi connectivity index (χ1v) is 5.08. The van der Waals surface area contributed by atoms with Gasteiger partial charge in [-0.2, -0.15) is 0 Å². The van der Waals surface area contributed by atoms with Gasteiger partial charge in [-0.25, -0.2) is 0 Å². The van der Waals surface area contributed by atoms with E-state index in [9.17, 15) is 9.90 Å². The lowest BCUT2D eigenvalue weighted by atomic mass is 9.74. The van der Waals surface area contributed by atoms with Gasteiger partial charge in [0.1, 0.15) is 0 Å². The predicted octanol–water partition coefficient (Wildman–Crippen LogP) is 1.77. The van der Waals surface area contributed by atoms with E-state index in [1.54, 1.807) is 0 Å². The molecule has 14 heavy (non-hydrogen) atoms. The van der Waals surface area contributed by atoms with Gasteiger partial charge >= 0.3 is 5.97 Å². The third-order valence-corrected chi connectivity index (χ3v) is 4.53. The monoisotopic (exact) mass is 198 g/mol. The molecule has 3 heteroatoms. The van der Waals surface area contributed by atoms with Crippen molar-refractivity contribution in [1.29, 1.82) is 0 Å². The topological polar surface area (TPSA) is 46.5 Å². The highest BCUT2D eigenvalue weighted by Crippen LogP contribution is 2.77. The van der Waals surface area contributed by atoms with Gasteiger partial charge in [-0.15, -0.1) is 0 Å². The number of carboxylic acids is 1. The van der Waals surface area contributed by atoms with Crippen molar-refractivity contribution in [3.05, 3.63) is 0 Å². The summed E-state index contributed by atoms with van der Waals surface area (Å²) in [5.74, 6) is -0.916. The normalized spacial score (nSPS) is 42.7. The minimum Gasteiger partial charge on any atom is -0.481 e. The molecule has 3 nitrogen and oxygen atoms in total. The predicted molar refractivity (Wildman–Crippen MR) is 51.9 cm³/mol. The van der Waals surface area contributed by atoms with Crippen LogP contribution in [0.15, 0.2) is 0 Å². The molecule has 2 unspecified atom stereocenters. The highest BCUT2D eigenvalue weighted by atomic mass is 16.5. The van der Waals surface area contributed by atoms with Gasteiger partial charge in [0.05, 0.1) is 19.1 Å². The first-order chi connectivity index (χ1) is 6.27. The minimum atomic E-state index is -0.673. The van der Waals surface area contributed by atoms with Crippen LogP contribution >= 0.6 is 0 Å². The van der Waals surface area contributed by atoms with Crippen molar-refractivity contribution in [3.8, 4) is 0 Å². The van der Waals surface area contributed by atoms with Crippen LogP contribution in [0.2, 0.25) is 0 Å². The Bertz CT molecular complexity index is 293. The van der Waals surface area contributed by atoms with Gasteiger partial charge in [-0.3, -0.25) is 4.79 Å². The summed E-state index contributed by atoms with van der Waals surface area (Å²) in [6.07, 6.45) is 0. The second-order valence-electron chi connectivity index (χ2n) is 5.84. The summed E-state index contributed by atoms with van der Waals surface area (Å²) in [5.41, 5.74) is -0.287. The van der Waals surface area contributed by atoms with E-state index >= 15 is 0 Å². The zero-order valence-corrected chi connectivity index (χ0v) is 9.26. The van der Waals surface area contributed by atoms with Crippen molar-refractivity contribution < 1.29 is 14.6 Å². The summed E-state index contributed by atoms with van der Waals surface area (Å²) >= 11 is 0. The van der Waals surface area contributed by atoms with Crippen molar-refractivity contribution in [2.75, 3.05) is 13.2 Å². The van der Waals surface area contributed by atoms with E-state index in [4.69, 9.17) is 4.74 Å². The summed E-state index contributed by atoms with van der Waals surface area (Å²) in [4.78, 5) is 11.2. The molecule has 0 aromatic carbocycles. The molecule has 80 valence electrons. The Morgan fingerprint density at radius 3 is 2.14 bits per heavy atom. The fourth-order valence-corrected chi connectivity index (χ4v) is 3.70. The van der Waals surface area contributed by atoms with Gasteiger partial charge in [-0.05, 0) is 10.8 Å². The van der Waals surface area contributed by atoms with Crippen LogP contribution in [0.1, 0.15) is 27.7 Å². The first kappa shape index (κ1) is 9.97. The van der Waals surface area contributed by atoms with Crippen LogP contribution in [0.25, 0.3) is 0 Å². The maximum atomic E-state index is 11.2. The Balaban J connectivity index is 2.40. The molecule has 2 aliphatic rings. The highest BCUT2D eigenvalue weighted by Gasteiger charge is 2.81. The van der Waals surface area contributed by atoms with Crippen molar-refractivity contribution in [2.24, 2.45) is 22.2 Å². The Labute approximate surface area is 84.4 Å². The van der Waals surface area contributed by atoms with Crippen LogP contribution < -0.4 is 0 Å². The Hall–Kier alpha value is -0.570. The Morgan fingerprint density at radius 1 is 1.29 bits per heavy atom. The number of carboxylic acid groups (broad SMARTS) is 1. The lowest BCUT2D eigenvalue weighted by Gasteiger charge is -2.27. The van der Waals surface area contributed by atoms with Gasteiger partial charge in [0.25, 0.3) is 0 Å². The SMILES string of the molecule is CC1(C)COCC12C(C(=O)O)C2(C)C. The lowest BCUT2D eigenvalue weighted by Crippen LogP contribution is -2.29. The molecule has 1 saturated heterocycles. The standard InChI is InChI=1S/C11H18O3/c1-9(2)5-14-6-11(9)7(8(12)13)10(11,3)4/h7H,5-6H2,1-4H3,(H,12,13). The fraction of sp³-hybridized carbons (Fsp3) is 0.909. The van der Waals surface area contributed by atoms with Gasteiger partial charge in [0.15, 0.2) is 0 Å². The Morgan fingerprint density at radius 2 is 1.86 bits per heavy atom. The van der Waals surface area contributed by atoms with Crippen LogP contribution in [0.5, 0.6) is 0 Å². The van der Waals surface area contributed by atoms with Gasteiger partial charge in [-0.1, -0.05) is 27.7 Å². The lowest BCUT2D eigenvalue weighted by molar-refractivity contribution is -0.140. The molecule has 0 aromatic rings. The van der Waals surface area contributed by atoms with Crippen molar-refractivity contribution in [3.63, 3.8) is 0 Å². The van der Waals surface area contributed by atoms with E-state index in [0.717, 1.165) is 0 Å². The average molecular weight is 198 g/mol. The van der Waals surface area contributed by atoms with Crippen LogP contribution in [0, 0.1) is 22.2 Å². The molecule has 2 atom stereocenters. The van der Waals surface area contributed by atoms with E-state index in [0.29, 0.717) is 13.2 Å². The van der Waals surface area contributed by atoms with Crippen LogP contribution in [-0.4, -0.2) is 24.3 Å². The van der Waals surface area contributed by atoms with Gasteiger partial charge < -0.3 is 9.84 Å². The fourth-order valence-electron chi connectivity index (χ4n) is 3.70. The van der Waals surface area contributed by atoms with Crippen LogP contribution in [0.3, 0.4) is 0 Å². The molecular weight excluding hydrogens is 180 g/mol. The van der Waals surface area contributed by atoms with Crippen LogP contribution in [-0.2, 0) is 9.53 Å². The van der Waals surface area contributed by atoms with E-state index in [1.165, 1.54) is 0 Å². The summed E-state index contributed by atoms with van der Waals surface area (Å²) in [5, 5.41) is 9.19. The molecule has 1 heterocycles. The van der Waals surface area contributed by atoms with Crippen molar-refractivity contribution >= 4 is 5.97 Å². The van der Waals surface area contributed by atoms with Crippen molar-refractivity contribution in [1.82, 2.24) is 0 Å². The zero-order valence-electron chi connectivity index (χ0n) is 9.26. The summed E-state index contributed by atoms with van der Waals surface area (Å²) in [6.45, 7) is 9.60. The quantitative estimate of drug-likeness (QED) is 0.698. The molecule has 0 amide bonds. The molecule has 1 spiro atoms. The molecule has 0 bridgehead atoms. The molecule has 2 rings (SSSR count). The van der Waals surface area contributed by atoms with E-state index < -0.39 is 5.97 Å². The molecule has 1 aliphatic heterocycles. The molecule has 2 fully saturated rings. The number of aliphatic carboxylic acids is 1. The molecular formula is C11H18O3. The van der Waals surface area contributed by atoms with E-state index in [-0.39, 0.29) is 22.2 Å². The molecule has 0 aromatic heterocycles. The Kier molecular flexibility index (Phi) is 1.65. The third-order valence-electron chi connectivity index (χ3n) is 4.53. The van der Waals surface area contributed by atoms with E-state index in [2.05, 4.69) is 13.8 Å². The van der Waals surface area contributed by atoms with Gasteiger partial charge in [0, 0.05) is 5.41 Å². The number of ether oxygens (including phenoxy) is 1. The largest absolute Gasteiger partial charge is 0.481 e. The summed E-state index contributed by atoms with van der Waals surface area (Å²) in [7, 11) is 0. The second-order valence-corrected chi connectivity index (χ2v) is 5.84. The average Bonchev–Trinajstić information content (AvgIpc) is 2.31. The molecule has 0 radical (unpaired) electrons. The zero-order chi connectivity index (χ0) is 10.8. The van der Waals surface area contributed by atoms with Crippen molar-refractivity contribution in [2.45, 2.75) is 27.7 Å². The summed E-state index contributed by atoms with van der Waals surface area (Å²) < 4.78 is 5.49. The van der Waals surface area contributed by atoms with Crippen LogP contribution in [0.4, 0.5) is 0 Å². The summed E-state index contributed by atoms with van der Waals surface area (Å²) in [6, 6.07) is 0. The number of hydrogen-bond donors (Lipinski definition) is 1. The minimum absolute atomic E-state index is 0.0143.